The monoisotopic (exact) mass is 508 g/mol. The molecule has 11 nitrogen and oxygen atoms in total. The summed E-state index contributed by atoms with van der Waals surface area (Å²) in [7, 11) is 0. The topological polar surface area (TPSA) is 179 Å². The van der Waals surface area contributed by atoms with E-state index in [1.165, 1.54) is 12.5 Å². The fourth-order valence-electron chi connectivity index (χ4n) is 2.99. The lowest BCUT2D eigenvalue weighted by molar-refractivity contribution is -0.142. The number of H-pyrrole nitrogens is 1. The molecular weight excluding hydrogens is 480 g/mol. The SMILES string of the molecule is NC(Cc1cnc[nH]1)C(=O)NC(CS)C(=O)NC(CS)C(=O)NC(Cc1ccccc1)C(=O)O. The number of aromatic nitrogens is 2. The number of carboxylic acid groups (broad SMARTS) is 1. The zero-order valence-electron chi connectivity index (χ0n) is 18.2. The Balaban J connectivity index is 1.95. The highest BCUT2D eigenvalue weighted by molar-refractivity contribution is 7.80. The Morgan fingerprint density at radius 3 is 1.97 bits per heavy atom. The zero-order valence-corrected chi connectivity index (χ0v) is 20.0. The van der Waals surface area contributed by atoms with Crippen molar-refractivity contribution in [3.8, 4) is 0 Å². The van der Waals surface area contributed by atoms with Crippen LogP contribution in [0.25, 0.3) is 0 Å². The van der Waals surface area contributed by atoms with Gasteiger partial charge in [0.25, 0.3) is 0 Å². The van der Waals surface area contributed by atoms with Crippen LogP contribution >= 0.6 is 25.3 Å². The Kier molecular flexibility index (Phi) is 10.9. The molecule has 7 N–H and O–H groups in total. The fraction of sp³-hybridized carbons (Fsp3) is 0.381. The molecule has 13 heteroatoms. The number of hydrogen-bond acceptors (Lipinski definition) is 8. The number of carbonyl (C=O) groups excluding carboxylic acids is 3. The molecule has 0 aliphatic carbocycles. The van der Waals surface area contributed by atoms with Crippen LogP contribution in [0.4, 0.5) is 0 Å². The van der Waals surface area contributed by atoms with Crippen LogP contribution in [0.1, 0.15) is 11.3 Å². The van der Waals surface area contributed by atoms with Crippen LogP contribution in [0.15, 0.2) is 42.9 Å². The van der Waals surface area contributed by atoms with Crippen molar-refractivity contribution < 1.29 is 24.3 Å². The number of nitrogens with two attached hydrogens (primary N) is 1. The first-order chi connectivity index (χ1) is 16.2. The predicted octanol–water partition coefficient (Wildman–Crippen LogP) is -1.08. The molecule has 2 aromatic rings. The van der Waals surface area contributed by atoms with E-state index in [9.17, 15) is 24.3 Å². The number of carboxylic acids is 1. The molecule has 0 spiro atoms. The first-order valence-corrected chi connectivity index (χ1v) is 11.6. The summed E-state index contributed by atoms with van der Waals surface area (Å²) in [4.78, 5) is 56.0. The maximum absolute atomic E-state index is 12.7. The fourth-order valence-corrected chi connectivity index (χ4v) is 3.50. The van der Waals surface area contributed by atoms with Crippen molar-refractivity contribution in [3.63, 3.8) is 0 Å². The molecular formula is C21H28N6O5S2. The summed E-state index contributed by atoms with van der Waals surface area (Å²) in [6.45, 7) is 0. The van der Waals surface area contributed by atoms with Crippen molar-refractivity contribution in [3.05, 3.63) is 54.1 Å². The number of benzene rings is 1. The highest BCUT2D eigenvalue weighted by Gasteiger charge is 2.29. The molecule has 34 heavy (non-hydrogen) atoms. The van der Waals surface area contributed by atoms with Crippen molar-refractivity contribution in [2.24, 2.45) is 5.73 Å². The van der Waals surface area contributed by atoms with E-state index in [-0.39, 0.29) is 24.3 Å². The maximum atomic E-state index is 12.7. The Morgan fingerprint density at radius 2 is 1.47 bits per heavy atom. The van der Waals surface area contributed by atoms with E-state index in [2.05, 4.69) is 51.2 Å². The molecule has 0 saturated carbocycles. The average Bonchev–Trinajstić information content (AvgIpc) is 3.33. The van der Waals surface area contributed by atoms with Gasteiger partial charge in [0.05, 0.1) is 12.4 Å². The van der Waals surface area contributed by atoms with E-state index < -0.39 is 47.9 Å². The van der Waals surface area contributed by atoms with E-state index in [1.807, 2.05) is 0 Å². The van der Waals surface area contributed by atoms with Crippen LogP contribution in [0.5, 0.6) is 0 Å². The van der Waals surface area contributed by atoms with Crippen molar-refractivity contribution in [2.45, 2.75) is 37.0 Å². The van der Waals surface area contributed by atoms with Crippen LogP contribution in [0.3, 0.4) is 0 Å². The quantitative estimate of drug-likeness (QED) is 0.159. The average molecular weight is 509 g/mol. The smallest absolute Gasteiger partial charge is 0.326 e. The number of nitrogens with one attached hydrogen (secondary N) is 4. The lowest BCUT2D eigenvalue weighted by Gasteiger charge is -2.23. The van der Waals surface area contributed by atoms with Crippen LogP contribution in [0, 0.1) is 0 Å². The number of aliphatic carboxylic acids is 1. The minimum atomic E-state index is -1.21. The third-order valence-corrected chi connectivity index (χ3v) is 5.59. The zero-order chi connectivity index (χ0) is 25.1. The number of rotatable bonds is 13. The largest absolute Gasteiger partial charge is 0.480 e. The van der Waals surface area contributed by atoms with E-state index in [4.69, 9.17) is 5.73 Å². The van der Waals surface area contributed by atoms with Gasteiger partial charge in [-0.25, -0.2) is 9.78 Å². The number of imidazole rings is 1. The second-order valence-corrected chi connectivity index (χ2v) is 8.19. The summed E-state index contributed by atoms with van der Waals surface area (Å²) in [6.07, 6.45) is 3.25. The number of hydrogen-bond donors (Lipinski definition) is 8. The first kappa shape index (κ1) is 27.2. The van der Waals surface area contributed by atoms with Gasteiger partial charge in [0.2, 0.25) is 17.7 Å². The highest BCUT2D eigenvalue weighted by Crippen LogP contribution is 2.05. The van der Waals surface area contributed by atoms with Crippen molar-refractivity contribution in [1.82, 2.24) is 25.9 Å². The van der Waals surface area contributed by atoms with Crippen LogP contribution in [-0.4, -0.2) is 74.4 Å². The molecule has 1 aromatic heterocycles. The number of thiol groups is 2. The standard InChI is InChI=1S/C21H28N6O5S2/c22-14(7-13-8-23-11-24-13)18(28)26-16(9-33)20(30)27-17(10-34)19(29)25-15(21(31)32)6-12-4-2-1-3-5-12/h1-5,8,11,14-17,33-34H,6-7,9-10,22H2,(H,23,24)(H,25,29)(H,26,28)(H,27,30)(H,31,32). The molecule has 0 aliphatic heterocycles. The number of nitrogens with zero attached hydrogens (tertiary/aromatic N) is 1. The molecule has 1 heterocycles. The molecule has 4 atom stereocenters. The van der Waals surface area contributed by atoms with Crippen molar-refractivity contribution >= 4 is 48.9 Å². The van der Waals surface area contributed by atoms with Crippen LogP contribution in [0.2, 0.25) is 0 Å². The Bertz CT molecular complexity index is 960. The summed E-state index contributed by atoms with van der Waals surface area (Å²) in [6, 6.07) is 4.48. The Morgan fingerprint density at radius 1 is 0.912 bits per heavy atom. The van der Waals surface area contributed by atoms with E-state index in [0.717, 1.165) is 5.56 Å². The van der Waals surface area contributed by atoms with Gasteiger partial charge in [-0.1, -0.05) is 30.3 Å². The second-order valence-electron chi connectivity index (χ2n) is 7.46. The second kappa shape index (κ2) is 13.6. The Hall–Kier alpha value is -3.03. The molecule has 0 bridgehead atoms. The van der Waals surface area contributed by atoms with E-state index in [0.29, 0.717) is 5.69 Å². The molecule has 0 radical (unpaired) electrons. The molecule has 0 saturated heterocycles. The minimum Gasteiger partial charge on any atom is -0.480 e. The van der Waals surface area contributed by atoms with Gasteiger partial charge < -0.3 is 31.8 Å². The number of carbonyl (C=O) groups is 4. The normalized spacial score (nSPS) is 14.3. The molecule has 184 valence electrons. The summed E-state index contributed by atoms with van der Waals surface area (Å²) in [5.74, 6) is -3.34. The highest BCUT2D eigenvalue weighted by atomic mass is 32.1. The Labute approximate surface area is 207 Å². The molecule has 0 fully saturated rings. The third kappa shape index (κ3) is 8.39. The van der Waals surface area contributed by atoms with Gasteiger partial charge in [0.15, 0.2) is 0 Å². The lowest BCUT2D eigenvalue weighted by atomic mass is 10.1. The van der Waals surface area contributed by atoms with Gasteiger partial charge in [-0.15, -0.1) is 0 Å². The van der Waals surface area contributed by atoms with Gasteiger partial charge in [0, 0.05) is 36.2 Å². The van der Waals surface area contributed by atoms with E-state index in [1.54, 1.807) is 30.3 Å². The van der Waals surface area contributed by atoms with Crippen LogP contribution < -0.4 is 21.7 Å². The minimum absolute atomic E-state index is 0.0545. The molecule has 3 amide bonds. The van der Waals surface area contributed by atoms with Gasteiger partial charge in [-0.05, 0) is 5.56 Å². The summed E-state index contributed by atoms with van der Waals surface area (Å²) < 4.78 is 0. The lowest BCUT2D eigenvalue weighted by Crippen LogP contribution is -2.58. The van der Waals surface area contributed by atoms with Crippen molar-refractivity contribution in [1.29, 1.82) is 0 Å². The van der Waals surface area contributed by atoms with E-state index >= 15 is 0 Å². The van der Waals surface area contributed by atoms with Gasteiger partial charge in [0.1, 0.15) is 18.1 Å². The number of amides is 3. The molecule has 2 rings (SSSR count). The summed E-state index contributed by atoms with van der Waals surface area (Å²) in [5.41, 5.74) is 7.27. The van der Waals surface area contributed by atoms with Gasteiger partial charge in [-0.2, -0.15) is 25.3 Å². The first-order valence-electron chi connectivity index (χ1n) is 10.4. The summed E-state index contributed by atoms with van der Waals surface area (Å²) in [5, 5.41) is 16.9. The van der Waals surface area contributed by atoms with Crippen molar-refractivity contribution in [2.75, 3.05) is 11.5 Å². The molecule has 1 aromatic carbocycles. The number of aromatic amines is 1. The maximum Gasteiger partial charge on any atom is 0.326 e. The van der Waals surface area contributed by atoms with Gasteiger partial charge >= 0.3 is 5.97 Å². The summed E-state index contributed by atoms with van der Waals surface area (Å²) >= 11 is 8.19. The molecule has 0 aliphatic rings. The predicted molar refractivity (Wildman–Crippen MR) is 132 cm³/mol. The molecule has 4 unspecified atom stereocenters. The van der Waals surface area contributed by atoms with Crippen LogP contribution in [-0.2, 0) is 32.0 Å². The third-order valence-electron chi connectivity index (χ3n) is 4.86. The van der Waals surface area contributed by atoms with Gasteiger partial charge in [-0.3, -0.25) is 14.4 Å².